The molecule has 0 saturated heterocycles. The molecule has 0 aliphatic carbocycles. The Morgan fingerprint density at radius 2 is 1.93 bits per heavy atom. The van der Waals surface area contributed by atoms with Crippen molar-refractivity contribution in [1.29, 1.82) is 0 Å². The fourth-order valence-corrected chi connectivity index (χ4v) is 3.46. The van der Waals surface area contributed by atoms with Gasteiger partial charge in [0.25, 0.3) is 5.91 Å². The molecule has 1 amide bonds. The van der Waals surface area contributed by atoms with Crippen molar-refractivity contribution >= 4 is 28.4 Å². The lowest BCUT2D eigenvalue weighted by molar-refractivity contribution is -0.130. The summed E-state index contributed by atoms with van der Waals surface area (Å²) in [6, 6.07) is 10.9. The Kier molecular flexibility index (Phi) is 4.35. The Labute approximate surface area is 159 Å². The minimum atomic E-state index is -1.16. The molecular formula is C21H17FN2O4. The number of aromatic amines is 1. The highest BCUT2D eigenvalue weighted by molar-refractivity contribution is 6.17. The first-order valence-electron chi connectivity index (χ1n) is 8.68. The zero-order valence-electron chi connectivity index (χ0n) is 15.0. The van der Waals surface area contributed by atoms with Crippen molar-refractivity contribution in [1.82, 2.24) is 9.88 Å². The number of nitrogens with zero attached hydrogens (tertiary/aromatic N) is 1. The standard InChI is InChI=1S/C21H17FN2O4/c1-28-14-5-2-12(3-6-14)20(25)24-9-8-16-15-7-4-13(22)10-18(15)23-19(16)17(11-24)21(26)27/h2-7,10-11,23H,8-9H2,1H3,(H,26,27). The van der Waals surface area contributed by atoms with Crippen LogP contribution in [0.2, 0.25) is 0 Å². The highest BCUT2D eigenvalue weighted by Crippen LogP contribution is 2.31. The van der Waals surface area contributed by atoms with Crippen molar-refractivity contribution in [2.45, 2.75) is 6.42 Å². The Balaban J connectivity index is 1.75. The van der Waals surface area contributed by atoms with Gasteiger partial charge in [-0.1, -0.05) is 0 Å². The summed E-state index contributed by atoms with van der Waals surface area (Å²) in [5, 5.41) is 10.5. The van der Waals surface area contributed by atoms with E-state index >= 15 is 0 Å². The smallest absolute Gasteiger partial charge is 0.339 e. The summed E-state index contributed by atoms with van der Waals surface area (Å²) in [6.07, 6.45) is 1.78. The predicted octanol–water partition coefficient (Wildman–Crippen LogP) is 3.44. The monoisotopic (exact) mass is 380 g/mol. The maximum atomic E-state index is 13.5. The van der Waals surface area contributed by atoms with Gasteiger partial charge in [-0.2, -0.15) is 0 Å². The lowest BCUT2D eigenvalue weighted by atomic mass is 10.0. The van der Waals surface area contributed by atoms with Crippen molar-refractivity contribution in [3.63, 3.8) is 0 Å². The third-order valence-electron chi connectivity index (χ3n) is 4.85. The summed E-state index contributed by atoms with van der Waals surface area (Å²) in [4.78, 5) is 29.2. The molecule has 0 spiro atoms. The highest BCUT2D eigenvalue weighted by Gasteiger charge is 2.26. The maximum Gasteiger partial charge on any atom is 0.339 e. The van der Waals surface area contributed by atoms with Crippen molar-refractivity contribution in [2.24, 2.45) is 0 Å². The molecule has 0 unspecified atom stereocenters. The number of carbonyl (C=O) groups is 2. The van der Waals surface area contributed by atoms with Crippen LogP contribution in [0.5, 0.6) is 5.75 Å². The van der Waals surface area contributed by atoms with Gasteiger partial charge in [0.05, 0.1) is 18.4 Å². The van der Waals surface area contributed by atoms with Crippen molar-refractivity contribution in [2.75, 3.05) is 13.7 Å². The number of halogens is 1. The number of fused-ring (bicyclic) bond motifs is 3. The summed E-state index contributed by atoms with van der Waals surface area (Å²) in [5.41, 5.74) is 2.09. The normalized spacial score (nSPS) is 13.6. The molecule has 0 bridgehead atoms. The first-order valence-corrected chi connectivity index (χ1v) is 8.68. The van der Waals surface area contributed by atoms with Gasteiger partial charge in [0, 0.05) is 29.2 Å². The Morgan fingerprint density at radius 3 is 2.61 bits per heavy atom. The minimum absolute atomic E-state index is 0.0361. The minimum Gasteiger partial charge on any atom is -0.497 e. The van der Waals surface area contributed by atoms with Crippen LogP contribution in [0.25, 0.3) is 16.5 Å². The fourth-order valence-electron chi connectivity index (χ4n) is 3.46. The summed E-state index contributed by atoms with van der Waals surface area (Å²) in [6.45, 7) is 0.305. The van der Waals surface area contributed by atoms with E-state index in [1.54, 1.807) is 30.3 Å². The van der Waals surface area contributed by atoms with Gasteiger partial charge in [0.2, 0.25) is 0 Å². The molecule has 2 N–H and O–H groups in total. The molecule has 1 aromatic heterocycles. The number of benzene rings is 2. The second-order valence-electron chi connectivity index (χ2n) is 6.49. The summed E-state index contributed by atoms with van der Waals surface area (Å²) >= 11 is 0. The molecule has 0 saturated carbocycles. The van der Waals surface area contributed by atoms with Crippen LogP contribution in [0, 0.1) is 5.82 Å². The first kappa shape index (κ1) is 17.8. The molecule has 0 radical (unpaired) electrons. The van der Waals surface area contributed by atoms with Gasteiger partial charge in [-0.05, 0) is 54.4 Å². The molecule has 3 aromatic rings. The number of methoxy groups -OCH3 is 1. The predicted molar refractivity (Wildman–Crippen MR) is 102 cm³/mol. The largest absolute Gasteiger partial charge is 0.497 e. The number of H-pyrrole nitrogens is 1. The van der Waals surface area contributed by atoms with E-state index in [0.717, 1.165) is 10.9 Å². The Bertz CT molecular complexity index is 1120. The second kappa shape index (κ2) is 6.84. The van der Waals surface area contributed by atoms with E-state index in [1.165, 1.54) is 30.3 Å². The van der Waals surface area contributed by atoms with Crippen LogP contribution in [0.3, 0.4) is 0 Å². The van der Waals surface area contributed by atoms with E-state index < -0.39 is 11.8 Å². The van der Waals surface area contributed by atoms with Crippen LogP contribution in [-0.4, -0.2) is 40.5 Å². The quantitative estimate of drug-likeness (QED) is 0.729. The highest BCUT2D eigenvalue weighted by atomic mass is 19.1. The molecule has 142 valence electrons. The van der Waals surface area contributed by atoms with Crippen molar-refractivity contribution < 1.29 is 23.8 Å². The molecule has 28 heavy (non-hydrogen) atoms. The number of carbonyl (C=O) groups excluding carboxylic acids is 1. The van der Waals surface area contributed by atoms with Crippen LogP contribution >= 0.6 is 0 Å². The summed E-state index contributed by atoms with van der Waals surface area (Å²) in [5.74, 6) is -1.24. The van der Waals surface area contributed by atoms with Gasteiger partial charge >= 0.3 is 5.97 Å². The third-order valence-corrected chi connectivity index (χ3v) is 4.85. The SMILES string of the molecule is COc1ccc(C(=O)N2C=C(C(=O)O)c3[nH]c4cc(F)ccc4c3CC2)cc1. The van der Waals surface area contributed by atoms with E-state index in [0.29, 0.717) is 35.5 Å². The number of rotatable bonds is 3. The lowest BCUT2D eigenvalue weighted by Crippen LogP contribution is -2.27. The molecule has 1 aliphatic heterocycles. The number of hydrogen-bond acceptors (Lipinski definition) is 3. The zero-order valence-corrected chi connectivity index (χ0v) is 15.0. The maximum absolute atomic E-state index is 13.5. The van der Waals surface area contributed by atoms with E-state index in [9.17, 15) is 19.1 Å². The molecule has 6 nitrogen and oxygen atoms in total. The number of carboxylic acids is 1. The molecule has 2 aromatic carbocycles. The number of amides is 1. The number of aromatic nitrogens is 1. The van der Waals surface area contributed by atoms with E-state index in [1.807, 2.05) is 0 Å². The van der Waals surface area contributed by atoms with Gasteiger partial charge < -0.3 is 19.7 Å². The topological polar surface area (TPSA) is 82.6 Å². The molecule has 0 atom stereocenters. The average Bonchev–Trinajstić information content (AvgIpc) is 2.93. The van der Waals surface area contributed by atoms with Crippen molar-refractivity contribution in [3.8, 4) is 5.75 Å². The number of aliphatic carboxylic acids is 1. The molecule has 4 rings (SSSR count). The number of nitrogens with one attached hydrogen (secondary N) is 1. The van der Waals surface area contributed by atoms with Crippen LogP contribution in [0.15, 0.2) is 48.7 Å². The molecule has 0 fully saturated rings. The second-order valence-corrected chi connectivity index (χ2v) is 6.49. The van der Waals surface area contributed by atoms with Gasteiger partial charge in [-0.25, -0.2) is 9.18 Å². The fraction of sp³-hybridized carbons (Fsp3) is 0.143. The first-order chi connectivity index (χ1) is 13.5. The van der Waals surface area contributed by atoms with Crippen LogP contribution in [-0.2, 0) is 11.2 Å². The van der Waals surface area contributed by atoms with Gasteiger partial charge in [-0.15, -0.1) is 0 Å². The van der Waals surface area contributed by atoms with Crippen LogP contribution in [0.1, 0.15) is 21.6 Å². The van der Waals surface area contributed by atoms with Gasteiger partial charge in [-0.3, -0.25) is 4.79 Å². The van der Waals surface area contributed by atoms with Crippen molar-refractivity contribution in [3.05, 3.63) is 71.3 Å². The van der Waals surface area contributed by atoms with E-state index in [4.69, 9.17) is 4.74 Å². The number of ether oxygens (including phenoxy) is 1. The molecule has 1 aliphatic rings. The molecular weight excluding hydrogens is 363 g/mol. The van der Waals surface area contributed by atoms with Crippen LogP contribution < -0.4 is 4.74 Å². The average molecular weight is 380 g/mol. The van der Waals surface area contributed by atoms with Gasteiger partial charge in [0.15, 0.2) is 0 Å². The summed E-state index contributed by atoms with van der Waals surface area (Å²) in [7, 11) is 1.54. The molecule has 7 heteroatoms. The number of hydrogen-bond donors (Lipinski definition) is 2. The zero-order chi connectivity index (χ0) is 19.8. The van der Waals surface area contributed by atoms with Gasteiger partial charge in [0.1, 0.15) is 11.6 Å². The lowest BCUT2D eigenvalue weighted by Gasteiger charge is -2.17. The van der Waals surface area contributed by atoms with E-state index in [2.05, 4.69) is 4.98 Å². The Morgan fingerprint density at radius 1 is 1.18 bits per heavy atom. The van der Waals surface area contributed by atoms with E-state index in [-0.39, 0.29) is 11.5 Å². The summed E-state index contributed by atoms with van der Waals surface area (Å²) < 4.78 is 18.6. The molecule has 2 heterocycles. The third kappa shape index (κ3) is 3.00. The van der Waals surface area contributed by atoms with Crippen LogP contribution in [0.4, 0.5) is 4.39 Å². The number of carboxylic acid groups (broad SMARTS) is 1. The Hall–Kier alpha value is -3.61.